The molecule has 1 aliphatic carbocycles. The first-order valence-corrected chi connectivity index (χ1v) is 7.51. The summed E-state index contributed by atoms with van der Waals surface area (Å²) in [5, 5.41) is 0. The quantitative estimate of drug-likeness (QED) is 0.818. The van der Waals surface area contributed by atoms with Gasteiger partial charge in [0.25, 0.3) is 0 Å². The zero-order valence-electron chi connectivity index (χ0n) is 12.3. The fourth-order valence-corrected chi connectivity index (χ4v) is 2.79. The van der Waals surface area contributed by atoms with E-state index in [1.807, 2.05) is 24.3 Å². The molecular weight excluding hydrogens is 264 g/mol. The number of hydrogen-bond donors (Lipinski definition) is 0. The van der Waals surface area contributed by atoms with Crippen molar-refractivity contribution >= 4 is 16.8 Å². The number of aromatic nitrogens is 2. The largest absolute Gasteiger partial charge is 0.367 e. The van der Waals surface area contributed by atoms with E-state index in [2.05, 4.69) is 9.97 Å². The van der Waals surface area contributed by atoms with Crippen LogP contribution in [0.1, 0.15) is 38.3 Å². The molecule has 0 spiro atoms. The number of Topliss-reactive ketones (excluding diaryl/α,β-unsaturated/α-hetero) is 1. The van der Waals surface area contributed by atoms with Gasteiger partial charge in [0.15, 0.2) is 5.78 Å². The molecule has 0 aromatic carbocycles. The van der Waals surface area contributed by atoms with Crippen LogP contribution in [0.2, 0.25) is 0 Å². The monoisotopic (exact) mass is 284 g/mol. The highest BCUT2D eigenvalue weighted by atomic mass is 16.5. The molecule has 2 heterocycles. The first-order valence-electron chi connectivity index (χ1n) is 7.51. The standard InChI is InChI=1S/C17H20N2O2/c1-13(20)12-21-17(8-3-9-17)10-7-14-5-6-15-16(19-14)4-2-11-18-15/h2,4-6,11H,3,7-10,12H2,1H3. The van der Waals surface area contributed by atoms with Gasteiger partial charge in [-0.05, 0) is 63.3 Å². The molecule has 4 heteroatoms. The second kappa shape index (κ2) is 5.90. The number of hydrogen-bond acceptors (Lipinski definition) is 4. The highest BCUT2D eigenvalue weighted by Crippen LogP contribution is 2.39. The Labute approximate surface area is 124 Å². The minimum absolute atomic E-state index is 0.0937. The number of ketones is 1. The minimum atomic E-state index is -0.1000. The summed E-state index contributed by atoms with van der Waals surface area (Å²) in [5.41, 5.74) is 2.82. The lowest BCUT2D eigenvalue weighted by molar-refractivity contribution is -0.139. The first kappa shape index (κ1) is 14.1. The third-order valence-corrected chi connectivity index (χ3v) is 4.20. The molecule has 4 nitrogen and oxygen atoms in total. The molecule has 0 atom stereocenters. The summed E-state index contributed by atoms with van der Waals surface area (Å²) in [6, 6.07) is 7.94. The molecule has 0 saturated heterocycles. The third-order valence-electron chi connectivity index (χ3n) is 4.20. The smallest absolute Gasteiger partial charge is 0.155 e. The van der Waals surface area contributed by atoms with Crippen molar-refractivity contribution in [2.75, 3.05) is 6.61 Å². The number of nitrogens with zero attached hydrogens (tertiary/aromatic N) is 2. The lowest BCUT2D eigenvalue weighted by Crippen LogP contribution is -2.41. The van der Waals surface area contributed by atoms with Gasteiger partial charge in [-0.25, -0.2) is 0 Å². The van der Waals surface area contributed by atoms with Gasteiger partial charge in [-0.2, -0.15) is 0 Å². The maximum atomic E-state index is 11.1. The second-order valence-corrected chi connectivity index (χ2v) is 5.87. The molecule has 110 valence electrons. The highest BCUT2D eigenvalue weighted by Gasteiger charge is 2.37. The molecule has 21 heavy (non-hydrogen) atoms. The van der Waals surface area contributed by atoms with E-state index in [0.29, 0.717) is 0 Å². The van der Waals surface area contributed by atoms with Crippen molar-refractivity contribution in [2.45, 2.75) is 44.6 Å². The van der Waals surface area contributed by atoms with E-state index in [1.54, 1.807) is 13.1 Å². The van der Waals surface area contributed by atoms with Crippen LogP contribution in [0.15, 0.2) is 30.5 Å². The summed E-state index contributed by atoms with van der Waals surface area (Å²) < 4.78 is 5.85. The molecule has 0 unspecified atom stereocenters. The minimum Gasteiger partial charge on any atom is -0.367 e. The van der Waals surface area contributed by atoms with E-state index in [0.717, 1.165) is 42.4 Å². The molecule has 0 N–H and O–H groups in total. The number of rotatable bonds is 6. The Morgan fingerprint density at radius 2 is 2.14 bits per heavy atom. The average molecular weight is 284 g/mol. The van der Waals surface area contributed by atoms with Gasteiger partial charge < -0.3 is 4.74 Å². The van der Waals surface area contributed by atoms with Crippen LogP contribution in [0.25, 0.3) is 11.0 Å². The number of pyridine rings is 2. The number of aryl methyl sites for hydroxylation is 1. The van der Waals surface area contributed by atoms with Crippen molar-refractivity contribution in [1.82, 2.24) is 9.97 Å². The van der Waals surface area contributed by atoms with Crippen LogP contribution in [0.5, 0.6) is 0 Å². The Balaban J connectivity index is 1.66. The van der Waals surface area contributed by atoms with Crippen LogP contribution in [0.3, 0.4) is 0 Å². The molecule has 1 fully saturated rings. The van der Waals surface area contributed by atoms with E-state index in [9.17, 15) is 4.79 Å². The normalized spacial score (nSPS) is 16.6. The SMILES string of the molecule is CC(=O)COC1(CCc2ccc3ncccc3n2)CCC1. The van der Waals surface area contributed by atoms with E-state index in [4.69, 9.17) is 4.74 Å². The molecule has 2 aromatic heterocycles. The van der Waals surface area contributed by atoms with Gasteiger partial charge in [0, 0.05) is 11.9 Å². The molecule has 0 bridgehead atoms. The number of carbonyl (C=O) groups is 1. The fourth-order valence-electron chi connectivity index (χ4n) is 2.79. The average Bonchev–Trinajstić information content (AvgIpc) is 2.45. The van der Waals surface area contributed by atoms with Crippen LogP contribution >= 0.6 is 0 Å². The Morgan fingerprint density at radius 1 is 1.29 bits per heavy atom. The fraction of sp³-hybridized carbons (Fsp3) is 0.471. The molecular formula is C17H20N2O2. The van der Waals surface area contributed by atoms with Crippen LogP contribution in [-0.2, 0) is 16.0 Å². The van der Waals surface area contributed by atoms with Crippen molar-refractivity contribution in [3.8, 4) is 0 Å². The zero-order chi connectivity index (χ0) is 14.7. The lowest BCUT2D eigenvalue weighted by atomic mass is 9.76. The molecule has 0 radical (unpaired) electrons. The van der Waals surface area contributed by atoms with Gasteiger partial charge in [-0.1, -0.05) is 0 Å². The van der Waals surface area contributed by atoms with Crippen LogP contribution in [-0.4, -0.2) is 28.0 Å². The van der Waals surface area contributed by atoms with E-state index in [1.165, 1.54) is 6.42 Å². The predicted molar refractivity (Wildman–Crippen MR) is 81.1 cm³/mol. The van der Waals surface area contributed by atoms with Crippen molar-refractivity contribution in [3.63, 3.8) is 0 Å². The number of fused-ring (bicyclic) bond motifs is 1. The van der Waals surface area contributed by atoms with Crippen LogP contribution < -0.4 is 0 Å². The molecule has 1 saturated carbocycles. The van der Waals surface area contributed by atoms with Gasteiger partial charge in [0.05, 0.1) is 16.6 Å². The Morgan fingerprint density at radius 3 is 2.86 bits per heavy atom. The highest BCUT2D eigenvalue weighted by molar-refractivity contribution is 5.76. The van der Waals surface area contributed by atoms with E-state index < -0.39 is 0 Å². The molecule has 0 aliphatic heterocycles. The summed E-state index contributed by atoms with van der Waals surface area (Å²) in [6.45, 7) is 1.80. The second-order valence-electron chi connectivity index (χ2n) is 5.87. The lowest BCUT2D eigenvalue weighted by Gasteiger charge is -2.41. The molecule has 3 rings (SSSR count). The first-order chi connectivity index (χ1) is 10.2. The maximum absolute atomic E-state index is 11.1. The Kier molecular flexibility index (Phi) is 3.97. The third kappa shape index (κ3) is 3.27. The van der Waals surface area contributed by atoms with E-state index in [-0.39, 0.29) is 18.0 Å². The van der Waals surface area contributed by atoms with Crippen LogP contribution in [0.4, 0.5) is 0 Å². The summed E-state index contributed by atoms with van der Waals surface area (Å²) in [6.07, 6.45) is 6.88. The summed E-state index contributed by atoms with van der Waals surface area (Å²) in [4.78, 5) is 20.0. The number of carbonyl (C=O) groups excluding carboxylic acids is 1. The van der Waals surface area contributed by atoms with Gasteiger partial charge in [0.2, 0.25) is 0 Å². The van der Waals surface area contributed by atoms with E-state index >= 15 is 0 Å². The summed E-state index contributed by atoms with van der Waals surface area (Å²) >= 11 is 0. The van der Waals surface area contributed by atoms with Crippen molar-refractivity contribution in [3.05, 3.63) is 36.2 Å². The van der Waals surface area contributed by atoms with Gasteiger partial charge >= 0.3 is 0 Å². The zero-order valence-corrected chi connectivity index (χ0v) is 12.3. The molecule has 1 aliphatic rings. The van der Waals surface area contributed by atoms with Gasteiger partial charge in [-0.3, -0.25) is 14.8 Å². The Hall–Kier alpha value is -1.81. The number of ether oxygens (including phenoxy) is 1. The Bertz CT molecular complexity index is 650. The van der Waals surface area contributed by atoms with Crippen molar-refractivity contribution < 1.29 is 9.53 Å². The van der Waals surface area contributed by atoms with Crippen molar-refractivity contribution in [1.29, 1.82) is 0 Å². The molecule has 0 amide bonds. The summed E-state index contributed by atoms with van der Waals surface area (Å²) in [5.74, 6) is 0.0937. The summed E-state index contributed by atoms with van der Waals surface area (Å²) in [7, 11) is 0. The topological polar surface area (TPSA) is 52.1 Å². The van der Waals surface area contributed by atoms with Gasteiger partial charge in [0.1, 0.15) is 6.61 Å². The predicted octanol–water partition coefficient (Wildman–Crippen LogP) is 3.09. The van der Waals surface area contributed by atoms with Crippen LogP contribution in [0, 0.1) is 0 Å². The molecule has 2 aromatic rings. The van der Waals surface area contributed by atoms with Crippen molar-refractivity contribution in [2.24, 2.45) is 0 Å². The van der Waals surface area contributed by atoms with Gasteiger partial charge in [-0.15, -0.1) is 0 Å². The maximum Gasteiger partial charge on any atom is 0.155 e.